The highest BCUT2D eigenvalue weighted by molar-refractivity contribution is 5.93. The zero-order valence-corrected chi connectivity index (χ0v) is 16.2. The van der Waals surface area contributed by atoms with Crippen LogP contribution in [0, 0.1) is 0 Å². The maximum Gasteiger partial charge on any atom is 0.307 e. The lowest BCUT2D eigenvalue weighted by Crippen LogP contribution is -2.22. The molecule has 5 heteroatoms. The van der Waals surface area contributed by atoms with Crippen molar-refractivity contribution in [3.63, 3.8) is 0 Å². The van der Waals surface area contributed by atoms with Crippen molar-refractivity contribution in [3.8, 4) is 5.75 Å². The first-order valence-electron chi connectivity index (χ1n) is 9.35. The molecular weight excluding hydrogens is 366 g/mol. The lowest BCUT2D eigenvalue weighted by Gasteiger charge is -2.17. The lowest BCUT2D eigenvalue weighted by molar-refractivity contribution is -0.147. The molecule has 5 nitrogen and oxygen atoms in total. The van der Waals surface area contributed by atoms with Crippen molar-refractivity contribution in [1.29, 1.82) is 0 Å². The number of benzene rings is 3. The summed E-state index contributed by atoms with van der Waals surface area (Å²) in [6.45, 7) is -0.341. The van der Waals surface area contributed by atoms with Gasteiger partial charge in [-0.05, 0) is 23.3 Å². The monoisotopic (exact) mass is 389 g/mol. The van der Waals surface area contributed by atoms with Crippen molar-refractivity contribution in [2.24, 2.45) is 0 Å². The third-order valence-corrected chi connectivity index (χ3v) is 4.49. The van der Waals surface area contributed by atoms with E-state index in [2.05, 4.69) is 5.32 Å². The molecule has 0 heterocycles. The van der Waals surface area contributed by atoms with Crippen molar-refractivity contribution >= 4 is 17.6 Å². The molecule has 1 N–H and O–H groups in total. The van der Waals surface area contributed by atoms with Crippen LogP contribution in [0.15, 0.2) is 84.9 Å². The number of carbonyl (C=O) groups is 2. The van der Waals surface area contributed by atoms with Crippen LogP contribution in [0.25, 0.3) is 0 Å². The third-order valence-electron chi connectivity index (χ3n) is 4.49. The molecule has 1 amide bonds. The van der Waals surface area contributed by atoms with E-state index in [9.17, 15) is 9.59 Å². The molecule has 0 atom stereocenters. The van der Waals surface area contributed by atoms with Gasteiger partial charge in [0.05, 0.1) is 13.5 Å². The minimum Gasteiger partial charge on any atom is -0.497 e. The molecule has 0 bridgehead atoms. The van der Waals surface area contributed by atoms with Gasteiger partial charge >= 0.3 is 5.97 Å². The van der Waals surface area contributed by atoms with E-state index in [1.807, 2.05) is 60.7 Å². The van der Waals surface area contributed by atoms with Gasteiger partial charge in [-0.3, -0.25) is 9.59 Å². The summed E-state index contributed by atoms with van der Waals surface area (Å²) in [5.41, 5.74) is 2.63. The van der Waals surface area contributed by atoms with Crippen LogP contribution in [0.2, 0.25) is 0 Å². The van der Waals surface area contributed by atoms with Crippen LogP contribution in [-0.4, -0.2) is 25.6 Å². The van der Waals surface area contributed by atoms with E-state index in [1.54, 1.807) is 31.4 Å². The fraction of sp³-hybridized carbons (Fsp3) is 0.167. The van der Waals surface area contributed by atoms with Crippen LogP contribution in [0.4, 0.5) is 5.69 Å². The number of anilines is 1. The lowest BCUT2D eigenvalue weighted by atomic mass is 9.89. The molecule has 0 fully saturated rings. The predicted molar refractivity (Wildman–Crippen MR) is 112 cm³/mol. The topological polar surface area (TPSA) is 64.6 Å². The molecule has 0 aliphatic carbocycles. The molecule has 0 saturated heterocycles. The number of nitrogens with one attached hydrogen (secondary N) is 1. The van der Waals surface area contributed by atoms with Crippen LogP contribution >= 0.6 is 0 Å². The summed E-state index contributed by atoms with van der Waals surface area (Å²) in [6, 6.07) is 26.6. The Labute approximate surface area is 170 Å². The molecule has 29 heavy (non-hydrogen) atoms. The van der Waals surface area contributed by atoms with E-state index >= 15 is 0 Å². The molecular formula is C24H23NO4. The average molecular weight is 389 g/mol. The van der Waals surface area contributed by atoms with Gasteiger partial charge in [0.1, 0.15) is 5.75 Å². The third kappa shape index (κ3) is 5.94. The summed E-state index contributed by atoms with van der Waals surface area (Å²) >= 11 is 0. The molecule has 3 rings (SSSR count). The molecule has 0 aromatic heterocycles. The van der Waals surface area contributed by atoms with Crippen molar-refractivity contribution in [2.45, 2.75) is 12.3 Å². The smallest absolute Gasteiger partial charge is 0.307 e. The van der Waals surface area contributed by atoms with E-state index in [1.165, 1.54) is 0 Å². The summed E-state index contributed by atoms with van der Waals surface area (Å²) in [5.74, 6) is -0.328. The minimum absolute atomic E-state index is 0.133. The van der Waals surface area contributed by atoms with Gasteiger partial charge in [0.2, 0.25) is 0 Å². The Balaban J connectivity index is 1.59. The molecule has 0 aliphatic rings. The maximum absolute atomic E-state index is 12.4. The second-order valence-electron chi connectivity index (χ2n) is 6.52. The number of esters is 1. The van der Waals surface area contributed by atoms with Crippen LogP contribution in [0.5, 0.6) is 5.75 Å². The Morgan fingerprint density at radius 3 is 2.07 bits per heavy atom. The van der Waals surface area contributed by atoms with E-state index < -0.39 is 11.9 Å². The number of ether oxygens (including phenoxy) is 2. The molecule has 0 unspecified atom stereocenters. The first-order chi connectivity index (χ1) is 14.2. The van der Waals surface area contributed by atoms with Crippen molar-refractivity contribution in [3.05, 3.63) is 96.1 Å². The zero-order chi connectivity index (χ0) is 20.5. The second kappa shape index (κ2) is 10.1. The molecule has 148 valence electrons. The maximum atomic E-state index is 12.4. The van der Waals surface area contributed by atoms with E-state index in [-0.39, 0.29) is 18.9 Å². The number of rotatable bonds is 8. The summed E-state index contributed by atoms with van der Waals surface area (Å²) in [5, 5.41) is 2.69. The Bertz CT molecular complexity index is 902. The van der Waals surface area contributed by atoms with Crippen molar-refractivity contribution < 1.29 is 19.1 Å². The Hall–Kier alpha value is -3.60. The highest BCUT2D eigenvalue weighted by Gasteiger charge is 2.19. The normalized spacial score (nSPS) is 10.4. The van der Waals surface area contributed by atoms with Gasteiger partial charge in [-0.1, -0.05) is 66.7 Å². The second-order valence-corrected chi connectivity index (χ2v) is 6.52. The van der Waals surface area contributed by atoms with Gasteiger partial charge < -0.3 is 14.8 Å². The Kier molecular flexibility index (Phi) is 7.00. The van der Waals surface area contributed by atoms with Gasteiger partial charge in [0, 0.05) is 17.7 Å². The van der Waals surface area contributed by atoms with Crippen LogP contribution < -0.4 is 10.1 Å². The number of carbonyl (C=O) groups excluding carboxylic acids is 2. The van der Waals surface area contributed by atoms with E-state index in [0.29, 0.717) is 11.4 Å². The number of amides is 1. The Morgan fingerprint density at radius 1 is 0.862 bits per heavy atom. The van der Waals surface area contributed by atoms with Crippen LogP contribution in [0.3, 0.4) is 0 Å². The van der Waals surface area contributed by atoms with Crippen LogP contribution in [0.1, 0.15) is 23.5 Å². The molecule has 0 saturated carbocycles. The molecule has 3 aromatic carbocycles. The molecule has 0 spiro atoms. The average Bonchev–Trinajstić information content (AvgIpc) is 2.77. The summed E-state index contributed by atoms with van der Waals surface area (Å²) in [4.78, 5) is 24.5. The van der Waals surface area contributed by atoms with Crippen LogP contribution in [-0.2, 0) is 14.3 Å². The summed E-state index contributed by atoms with van der Waals surface area (Å²) < 4.78 is 10.3. The van der Waals surface area contributed by atoms with Gasteiger partial charge in [-0.15, -0.1) is 0 Å². The standard InChI is InChI=1S/C24H23NO4/c1-28-21-14-8-13-20(15-21)25-23(26)17-29-24(27)16-22(18-9-4-2-5-10-18)19-11-6-3-7-12-19/h2-15,22H,16-17H2,1H3,(H,25,26). The SMILES string of the molecule is COc1cccc(NC(=O)COC(=O)CC(c2ccccc2)c2ccccc2)c1. The highest BCUT2D eigenvalue weighted by Crippen LogP contribution is 2.28. The summed E-state index contributed by atoms with van der Waals surface area (Å²) in [6.07, 6.45) is 0.153. The van der Waals surface area contributed by atoms with Gasteiger partial charge in [0.25, 0.3) is 5.91 Å². The van der Waals surface area contributed by atoms with E-state index in [4.69, 9.17) is 9.47 Å². The molecule has 3 aromatic rings. The molecule has 0 aliphatic heterocycles. The molecule has 0 radical (unpaired) electrons. The number of hydrogen-bond acceptors (Lipinski definition) is 4. The van der Waals surface area contributed by atoms with Crippen molar-refractivity contribution in [1.82, 2.24) is 0 Å². The van der Waals surface area contributed by atoms with Gasteiger partial charge in [-0.25, -0.2) is 0 Å². The number of hydrogen-bond donors (Lipinski definition) is 1. The first-order valence-corrected chi connectivity index (χ1v) is 9.35. The Morgan fingerprint density at radius 2 is 1.48 bits per heavy atom. The summed E-state index contributed by atoms with van der Waals surface area (Å²) in [7, 11) is 1.55. The van der Waals surface area contributed by atoms with E-state index in [0.717, 1.165) is 11.1 Å². The zero-order valence-electron chi connectivity index (χ0n) is 16.2. The fourth-order valence-corrected chi connectivity index (χ4v) is 3.07. The first kappa shape index (κ1) is 20.1. The van der Waals surface area contributed by atoms with Gasteiger partial charge in [-0.2, -0.15) is 0 Å². The van der Waals surface area contributed by atoms with Gasteiger partial charge in [0.15, 0.2) is 6.61 Å². The number of methoxy groups -OCH3 is 1. The highest BCUT2D eigenvalue weighted by atomic mass is 16.5. The predicted octanol–water partition coefficient (Wildman–Crippen LogP) is 4.40. The quantitative estimate of drug-likeness (QED) is 0.580. The fourth-order valence-electron chi connectivity index (χ4n) is 3.07. The minimum atomic E-state index is -0.427. The van der Waals surface area contributed by atoms with Crippen molar-refractivity contribution in [2.75, 3.05) is 19.0 Å². The largest absolute Gasteiger partial charge is 0.497 e.